The number of imidazole rings is 1. The van der Waals surface area contributed by atoms with E-state index in [4.69, 9.17) is 15.6 Å². The molecule has 0 radical (unpaired) electrons. The zero-order chi connectivity index (χ0) is 22.1. The molecule has 3 aromatic heterocycles. The first-order valence-electron chi connectivity index (χ1n) is 11.5. The van der Waals surface area contributed by atoms with Crippen molar-refractivity contribution in [2.24, 2.45) is 0 Å². The van der Waals surface area contributed by atoms with Crippen molar-refractivity contribution >= 4 is 11.6 Å². The standard InChI is InChI=1S/C16H18N6O.C5H11N.C2H6/c1-23-13-8-14-19-9-12(11-6-7-18-16(17)20-11)22(14)21-15(13)10-4-2-3-5-10;1-2-4-6-5-3-1;1-2/h6-10H,2-5H2,1H3,(H2,17,18,20);6H,1-5H2;1-2H3. The average Bonchev–Trinajstić information content (AvgIpc) is 3.51. The SMILES string of the molecule is C1CCNCC1.CC.COc1cc2ncc(-c3ccnc(N)n3)n2nc1C1CCCC1. The third kappa shape index (κ3) is 5.70. The van der Waals surface area contributed by atoms with Crippen LogP contribution in [0.25, 0.3) is 17.0 Å². The molecule has 1 saturated heterocycles. The summed E-state index contributed by atoms with van der Waals surface area (Å²) < 4.78 is 7.36. The molecule has 8 heteroatoms. The molecule has 1 saturated carbocycles. The Bertz CT molecular complexity index is 935. The molecule has 0 atom stereocenters. The molecule has 0 bridgehead atoms. The molecule has 0 amide bonds. The Morgan fingerprint density at radius 2 is 1.81 bits per heavy atom. The van der Waals surface area contributed by atoms with Gasteiger partial charge in [-0.05, 0) is 44.8 Å². The van der Waals surface area contributed by atoms with Crippen molar-refractivity contribution in [2.75, 3.05) is 25.9 Å². The molecule has 2 aliphatic rings. The first-order valence-corrected chi connectivity index (χ1v) is 11.5. The van der Waals surface area contributed by atoms with Gasteiger partial charge in [-0.15, -0.1) is 0 Å². The molecule has 0 spiro atoms. The number of fused-ring (bicyclic) bond motifs is 1. The fourth-order valence-corrected chi connectivity index (χ4v) is 4.05. The molecule has 8 nitrogen and oxygen atoms in total. The minimum absolute atomic E-state index is 0.238. The number of methoxy groups -OCH3 is 1. The predicted octanol–water partition coefficient (Wildman–Crippen LogP) is 4.22. The molecule has 2 fully saturated rings. The van der Waals surface area contributed by atoms with E-state index in [0.29, 0.717) is 11.6 Å². The van der Waals surface area contributed by atoms with E-state index in [0.717, 1.165) is 35.6 Å². The van der Waals surface area contributed by atoms with E-state index in [1.165, 1.54) is 45.2 Å². The van der Waals surface area contributed by atoms with Crippen molar-refractivity contribution in [1.82, 2.24) is 29.9 Å². The predicted molar refractivity (Wildman–Crippen MR) is 124 cm³/mol. The molecular formula is C23H35N7O. The first-order chi connectivity index (χ1) is 15.3. The minimum atomic E-state index is 0.238. The van der Waals surface area contributed by atoms with E-state index in [-0.39, 0.29) is 5.95 Å². The lowest BCUT2D eigenvalue weighted by atomic mass is 10.0. The Morgan fingerprint density at radius 3 is 2.39 bits per heavy atom. The molecule has 31 heavy (non-hydrogen) atoms. The van der Waals surface area contributed by atoms with Crippen LogP contribution in [0.2, 0.25) is 0 Å². The van der Waals surface area contributed by atoms with Gasteiger partial charge in [0.15, 0.2) is 5.65 Å². The minimum Gasteiger partial charge on any atom is -0.495 e. The molecule has 4 heterocycles. The number of nitrogens with zero attached hydrogens (tertiary/aromatic N) is 5. The molecule has 1 aliphatic carbocycles. The van der Waals surface area contributed by atoms with Crippen LogP contribution < -0.4 is 15.8 Å². The van der Waals surface area contributed by atoms with Crippen molar-refractivity contribution in [1.29, 1.82) is 0 Å². The monoisotopic (exact) mass is 425 g/mol. The van der Waals surface area contributed by atoms with Crippen LogP contribution in [0, 0.1) is 0 Å². The van der Waals surface area contributed by atoms with Crippen molar-refractivity contribution < 1.29 is 4.74 Å². The molecule has 3 aromatic rings. The highest BCUT2D eigenvalue weighted by Crippen LogP contribution is 2.38. The topological polar surface area (TPSA) is 103 Å². The van der Waals surface area contributed by atoms with Gasteiger partial charge in [-0.25, -0.2) is 19.5 Å². The maximum absolute atomic E-state index is 5.69. The molecule has 5 rings (SSSR count). The van der Waals surface area contributed by atoms with Crippen LogP contribution in [0.15, 0.2) is 24.5 Å². The number of anilines is 1. The second-order valence-electron chi connectivity index (χ2n) is 7.60. The zero-order valence-corrected chi connectivity index (χ0v) is 19.0. The summed E-state index contributed by atoms with van der Waals surface area (Å²) in [6.45, 7) is 6.50. The summed E-state index contributed by atoms with van der Waals surface area (Å²) in [5, 5.41) is 8.11. The third-order valence-electron chi connectivity index (χ3n) is 5.59. The highest BCUT2D eigenvalue weighted by atomic mass is 16.5. The number of nitrogen functional groups attached to an aromatic ring is 1. The smallest absolute Gasteiger partial charge is 0.220 e. The highest BCUT2D eigenvalue weighted by Gasteiger charge is 2.24. The van der Waals surface area contributed by atoms with Crippen LogP contribution in [0.3, 0.4) is 0 Å². The Hall–Kier alpha value is -2.74. The maximum Gasteiger partial charge on any atom is 0.220 e. The fourth-order valence-electron chi connectivity index (χ4n) is 4.05. The van der Waals surface area contributed by atoms with Crippen LogP contribution in [-0.4, -0.2) is 44.8 Å². The lowest BCUT2D eigenvalue weighted by molar-refractivity contribution is 0.399. The van der Waals surface area contributed by atoms with E-state index in [2.05, 4.69) is 20.3 Å². The first kappa shape index (κ1) is 22.9. The van der Waals surface area contributed by atoms with Crippen LogP contribution in [0.1, 0.15) is 70.4 Å². The van der Waals surface area contributed by atoms with Gasteiger partial charge < -0.3 is 15.8 Å². The Kier molecular flexibility index (Phi) is 8.58. The third-order valence-corrected chi connectivity index (χ3v) is 5.59. The normalized spacial score (nSPS) is 16.2. The largest absolute Gasteiger partial charge is 0.495 e. The molecule has 0 aromatic carbocycles. The summed E-state index contributed by atoms with van der Waals surface area (Å²) in [4.78, 5) is 12.6. The number of hydrogen-bond donors (Lipinski definition) is 2. The zero-order valence-electron chi connectivity index (χ0n) is 19.0. The Morgan fingerprint density at radius 1 is 1.06 bits per heavy atom. The van der Waals surface area contributed by atoms with Crippen molar-refractivity contribution in [3.05, 3.63) is 30.2 Å². The average molecular weight is 426 g/mol. The maximum atomic E-state index is 5.69. The van der Waals surface area contributed by atoms with Gasteiger partial charge in [0.1, 0.15) is 17.1 Å². The number of rotatable bonds is 3. The molecule has 3 N–H and O–H groups in total. The number of nitrogens with one attached hydrogen (secondary N) is 1. The van der Waals surface area contributed by atoms with E-state index < -0.39 is 0 Å². The number of ether oxygens (including phenoxy) is 1. The number of aromatic nitrogens is 5. The van der Waals surface area contributed by atoms with Crippen molar-refractivity contribution in [2.45, 2.75) is 64.7 Å². The lowest BCUT2D eigenvalue weighted by Gasteiger charge is -2.14. The number of nitrogens with two attached hydrogens (primary N) is 1. The van der Waals surface area contributed by atoms with Crippen molar-refractivity contribution in [3.63, 3.8) is 0 Å². The second-order valence-corrected chi connectivity index (χ2v) is 7.60. The van der Waals surface area contributed by atoms with Gasteiger partial charge in [0.2, 0.25) is 5.95 Å². The van der Waals surface area contributed by atoms with Gasteiger partial charge in [0.05, 0.1) is 19.0 Å². The van der Waals surface area contributed by atoms with Gasteiger partial charge in [0.25, 0.3) is 0 Å². The highest BCUT2D eigenvalue weighted by molar-refractivity contribution is 5.61. The van der Waals surface area contributed by atoms with E-state index >= 15 is 0 Å². The van der Waals surface area contributed by atoms with E-state index in [1.807, 2.05) is 24.4 Å². The summed E-state index contributed by atoms with van der Waals surface area (Å²) >= 11 is 0. The van der Waals surface area contributed by atoms with Gasteiger partial charge >= 0.3 is 0 Å². The molecule has 1 aliphatic heterocycles. The number of hydrogen-bond acceptors (Lipinski definition) is 7. The molecule has 0 unspecified atom stereocenters. The second kappa shape index (κ2) is 11.6. The van der Waals surface area contributed by atoms with Gasteiger partial charge in [-0.3, -0.25) is 0 Å². The van der Waals surface area contributed by atoms with Gasteiger partial charge in [-0.1, -0.05) is 33.1 Å². The van der Waals surface area contributed by atoms with Crippen LogP contribution >= 0.6 is 0 Å². The molecular weight excluding hydrogens is 390 g/mol. The van der Waals surface area contributed by atoms with Crippen molar-refractivity contribution in [3.8, 4) is 17.1 Å². The Balaban J connectivity index is 0.000000291. The lowest BCUT2D eigenvalue weighted by Crippen LogP contribution is -2.21. The Labute approximate surface area is 184 Å². The summed E-state index contributed by atoms with van der Waals surface area (Å²) in [5.74, 6) is 1.49. The van der Waals surface area contributed by atoms with Crippen LogP contribution in [-0.2, 0) is 0 Å². The van der Waals surface area contributed by atoms with Crippen LogP contribution in [0.5, 0.6) is 5.75 Å². The summed E-state index contributed by atoms with van der Waals surface area (Å²) in [6, 6.07) is 3.75. The summed E-state index contributed by atoms with van der Waals surface area (Å²) in [6.07, 6.45) is 12.4. The van der Waals surface area contributed by atoms with Gasteiger partial charge in [0, 0.05) is 18.2 Å². The van der Waals surface area contributed by atoms with Crippen LogP contribution in [0.4, 0.5) is 5.95 Å². The van der Waals surface area contributed by atoms with E-state index in [1.54, 1.807) is 25.6 Å². The molecule has 168 valence electrons. The fraction of sp³-hybridized carbons (Fsp3) is 0.565. The summed E-state index contributed by atoms with van der Waals surface area (Å²) in [5.41, 5.74) is 8.93. The number of piperidine rings is 1. The van der Waals surface area contributed by atoms with E-state index in [9.17, 15) is 0 Å². The quantitative estimate of drug-likeness (QED) is 0.647. The van der Waals surface area contributed by atoms with Gasteiger partial charge in [-0.2, -0.15) is 5.10 Å². The summed E-state index contributed by atoms with van der Waals surface area (Å²) in [7, 11) is 1.68.